The summed E-state index contributed by atoms with van der Waals surface area (Å²) >= 11 is 0. The number of carboxylic acid groups (broad SMARTS) is 1. The second kappa shape index (κ2) is 12.0. The predicted octanol–water partition coefficient (Wildman–Crippen LogP) is 3.15. The topological polar surface area (TPSA) is 94.0 Å². The second-order valence-electron chi connectivity index (χ2n) is 6.30. The van der Waals surface area contributed by atoms with Crippen LogP contribution < -0.4 is 5.73 Å². The van der Waals surface area contributed by atoms with Gasteiger partial charge in [0.2, 0.25) is 0 Å². The van der Waals surface area contributed by atoms with E-state index in [4.69, 9.17) is 10.8 Å². The number of rotatable bonds is 14. The minimum atomic E-state index is -1.01. The maximum absolute atomic E-state index is 10.7. The zero-order valence-corrected chi connectivity index (χ0v) is 14.4. The standard InChI is InChI=1S/C17H32N4O2/c1-2-3-4-5-6-7-8-9-10-11-12-21-14-15(19-20-21)13-16(18)17(22)23/h14,16H,2-13,18H2,1H3,(H,22,23)/t16-/m0/s1. The maximum atomic E-state index is 10.7. The summed E-state index contributed by atoms with van der Waals surface area (Å²) in [5.41, 5.74) is 6.13. The molecule has 0 aliphatic carbocycles. The molecule has 23 heavy (non-hydrogen) atoms. The zero-order valence-electron chi connectivity index (χ0n) is 14.4. The Balaban J connectivity index is 2.01. The minimum Gasteiger partial charge on any atom is -0.480 e. The van der Waals surface area contributed by atoms with Crippen LogP contribution in [0.15, 0.2) is 6.20 Å². The van der Waals surface area contributed by atoms with Gasteiger partial charge in [-0.3, -0.25) is 9.48 Å². The van der Waals surface area contributed by atoms with Gasteiger partial charge < -0.3 is 10.8 Å². The SMILES string of the molecule is CCCCCCCCCCCCn1cc(C[C@H](N)C(=O)O)nn1. The summed E-state index contributed by atoms with van der Waals surface area (Å²) in [6.45, 7) is 3.09. The molecular formula is C17H32N4O2. The van der Waals surface area contributed by atoms with Crippen molar-refractivity contribution in [1.29, 1.82) is 0 Å². The molecule has 1 atom stereocenters. The summed E-state index contributed by atoms with van der Waals surface area (Å²) in [4.78, 5) is 10.7. The number of aliphatic carboxylic acids is 1. The first-order valence-electron chi connectivity index (χ1n) is 9.01. The molecule has 0 bridgehead atoms. The molecule has 6 nitrogen and oxygen atoms in total. The van der Waals surface area contributed by atoms with Crippen LogP contribution >= 0.6 is 0 Å². The van der Waals surface area contributed by atoms with E-state index in [1.807, 2.05) is 0 Å². The van der Waals surface area contributed by atoms with Crippen molar-refractivity contribution in [3.05, 3.63) is 11.9 Å². The number of carbonyl (C=O) groups is 1. The first-order valence-corrected chi connectivity index (χ1v) is 9.01. The van der Waals surface area contributed by atoms with E-state index in [1.165, 1.54) is 57.8 Å². The van der Waals surface area contributed by atoms with Crippen molar-refractivity contribution >= 4 is 5.97 Å². The largest absolute Gasteiger partial charge is 0.480 e. The van der Waals surface area contributed by atoms with E-state index in [0.29, 0.717) is 5.69 Å². The third-order valence-electron chi connectivity index (χ3n) is 4.07. The Hall–Kier alpha value is -1.43. The van der Waals surface area contributed by atoms with Crippen molar-refractivity contribution in [2.75, 3.05) is 0 Å². The van der Waals surface area contributed by atoms with Crippen LogP contribution in [0.2, 0.25) is 0 Å². The predicted molar refractivity (Wildman–Crippen MR) is 91.2 cm³/mol. The molecule has 0 spiro atoms. The van der Waals surface area contributed by atoms with Crippen LogP contribution in [0.3, 0.4) is 0 Å². The Morgan fingerprint density at radius 1 is 1.13 bits per heavy atom. The summed E-state index contributed by atoms with van der Waals surface area (Å²) in [6, 6.07) is -0.905. The average Bonchev–Trinajstić information content (AvgIpc) is 2.96. The Morgan fingerprint density at radius 2 is 1.70 bits per heavy atom. The van der Waals surface area contributed by atoms with Crippen molar-refractivity contribution in [3.63, 3.8) is 0 Å². The van der Waals surface area contributed by atoms with Crippen LogP contribution in [0.5, 0.6) is 0 Å². The molecule has 0 saturated heterocycles. The molecule has 1 aromatic heterocycles. The van der Waals surface area contributed by atoms with Gasteiger partial charge in [-0.05, 0) is 6.42 Å². The van der Waals surface area contributed by atoms with E-state index in [1.54, 1.807) is 10.9 Å². The van der Waals surface area contributed by atoms with Gasteiger partial charge in [0.05, 0.1) is 5.69 Å². The highest BCUT2D eigenvalue weighted by Crippen LogP contribution is 2.11. The molecule has 0 fully saturated rings. The Bertz CT molecular complexity index is 434. The second-order valence-corrected chi connectivity index (χ2v) is 6.30. The zero-order chi connectivity index (χ0) is 16.9. The lowest BCUT2D eigenvalue weighted by atomic mass is 10.1. The number of aryl methyl sites for hydroxylation is 1. The van der Waals surface area contributed by atoms with Crippen LogP contribution in [0.1, 0.15) is 76.8 Å². The Kier molecular flexibility index (Phi) is 10.3. The Morgan fingerprint density at radius 3 is 2.26 bits per heavy atom. The van der Waals surface area contributed by atoms with Gasteiger partial charge in [-0.2, -0.15) is 0 Å². The molecule has 1 aromatic rings. The van der Waals surface area contributed by atoms with Crippen molar-refractivity contribution in [2.24, 2.45) is 5.73 Å². The lowest BCUT2D eigenvalue weighted by molar-refractivity contribution is -0.138. The van der Waals surface area contributed by atoms with Crippen LogP contribution in [0.4, 0.5) is 0 Å². The van der Waals surface area contributed by atoms with E-state index in [9.17, 15) is 4.79 Å². The monoisotopic (exact) mass is 324 g/mol. The van der Waals surface area contributed by atoms with E-state index in [0.717, 1.165) is 13.0 Å². The van der Waals surface area contributed by atoms with Crippen molar-refractivity contribution in [1.82, 2.24) is 15.0 Å². The van der Waals surface area contributed by atoms with E-state index in [-0.39, 0.29) is 6.42 Å². The summed E-state index contributed by atoms with van der Waals surface area (Å²) in [7, 11) is 0. The third kappa shape index (κ3) is 9.33. The van der Waals surface area contributed by atoms with E-state index in [2.05, 4.69) is 17.2 Å². The van der Waals surface area contributed by atoms with E-state index < -0.39 is 12.0 Å². The van der Waals surface area contributed by atoms with Gasteiger partial charge in [0.15, 0.2) is 0 Å². The van der Waals surface area contributed by atoms with Crippen LogP contribution in [0, 0.1) is 0 Å². The van der Waals surface area contributed by atoms with Crippen molar-refractivity contribution < 1.29 is 9.90 Å². The number of nitrogens with zero attached hydrogens (tertiary/aromatic N) is 3. The van der Waals surface area contributed by atoms with Crippen molar-refractivity contribution in [3.8, 4) is 0 Å². The molecule has 1 heterocycles. The molecule has 132 valence electrons. The highest BCUT2D eigenvalue weighted by atomic mass is 16.4. The molecule has 0 saturated carbocycles. The number of hydrogen-bond acceptors (Lipinski definition) is 4. The Labute approximate surface area is 139 Å². The van der Waals surface area contributed by atoms with Crippen molar-refractivity contribution in [2.45, 2.75) is 90.1 Å². The molecule has 0 amide bonds. The fraction of sp³-hybridized carbons (Fsp3) is 0.824. The summed E-state index contributed by atoms with van der Waals surface area (Å²) in [5.74, 6) is -1.01. The minimum absolute atomic E-state index is 0.230. The molecule has 0 aliphatic rings. The molecule has 0 unspecified atom stereocenters. The van der Waals surface area contributed by atoms with Crippen LogP contribution in [-0.4, -0.2) is 32.1 Å². The van der Waals surface area contributed by atoms with Crippen LogP contribution in [-0.2, 0) is 17.8 Å². The van der Waals surface area contributed by atoms with Gasteiger partial charge in [0.25, 0.3) is 0 Å². The number of unbranched alkanes of at least 4 members (excludes halogenated alkanes) is 9. The smallest absolute Gasteiger partial charge is 0.320 e. The van der Waals surface area contributed by atoms with Gasteiger partial charge in [-0.25, -0.2) is 0 Å². The molecule has 0 aliphatic heterocycles. The lowest BCUT2D eigenvalue weighted by Gasteiger charge is -2.03. The number of aromatic nitrogens is 3. The van der Waals surface area contributed by atoms with Gasteiger partial charge in [-0.15, -0.1) is 5.10 Å². The normalized spacial score (nSPS) is 12.4. The first-order chi connectivity index (χ1) is 11.1. The van der Waals surface area contributed by atoms with Gasteiger partial charge in [0, 0.05) is 19.2 Å². The summed E-state index contributed by atoms with van der Waals surface area (Å²) in [6.07, 6.45) is 15.1. The van der Waals surface area contributed by atoms with Crippen LogP contribution in [0.25, 0.3) is 0 Å². The summed E-state index contributed by atoms with van der Waals surface area (Å²) in [5, 5.41) is 16.8. The van der Waals surface area contributed by atoms with E-state index >= 15 is 0 Å². The number of carboxylic acids is 1. The summed E-state index contributed by atoms with van der Waals surface area (Å²) < 4.78 is 1.79. The van der Waals surface area contributed by atoms with Gasteiger partial charge in [-0.1, -0.05) is 69.9 Å². The quantitative estimate of drug-likeness (QED) is 0.513. The molecule has 0 aromatic carbocycles. The van der Waals surface area contributed by atoms with Gasteiger partial charge >= 0.3 is 5.97 Å². The fourth-order valence-corrected chi connectivity index (χ4v) is 2.62. The third-order valence-corrected chi connectivity index (χ3v) is 4.07. The molecule has 0 radical (unpaired) electrons. The fourth-order valence-electron chi connectivity index (χ4n) is 2.62. The van der Waals surface area contributed by atoms with Gasteiger partial charge in [0.1, 0.15) is 6.04 Å². The molecule has 6 heteroatoms. The molecule has 3 N–H and O–H groups in total. The number of hydrogen-bond donors (Lipinski definition) is 2. The number of nitrogens with two attached hydrogens (primary N) is 1. The highest BCUT2D eigenvalue weighted by molar-refractivity contribution is 5.73. The average molecular weight is 324 g/mol. The maximum Gasteiger partial charge on any atom is 0.320 e. The lowest BCUT2D eigenvalue weighted by Crippen LogP contribution is -2.32. The highest BCUT2D eigenvalue weighted by Gasteiger charge is 2.14. The molecule has 1 rings (SSSR count). The molecular weight excluding hydrogens is 292 g/mol. The first kappa shape index (κ1) is 19.6.